The fourth-order valence-corrected chi connectivity index (χ4v) is 3.88. The Bertz CT molecular complexity index is 1300. The maximum atomic E-state index is 3.54. The molecule has 0 radical (unpaired) electrons. The molecule has 0 bridgehead atoms. The lowest BCUT2D eigenvalue weighted by atomic mass is 10.0. The van der Waals surface area contributed by atoms with E-state index in [0.717, 1.165) is 0 Å². The van der Waals surface area contributed by atoms with Gasteiger partial charge in [0.1, 0.15) is 0 Å². The van der Waals surface area contributed by atoms with Crippen LogP contribution in [-0.2, 0) is 0 Å². The van der Waals surface area contributed by atoms with Crippen molar-refractivity contribution in [3.05, 3.63) is 118 Å². The van der Waals surface area contributed by atoms with Crippen LogP contribution in [0.4, 0.5) is 0 Å². The van der Waals surface area contributed by atoms with Gasteiger partial charge in [0.2, 0.25) is 0 Å². The van der Waals surface area contributed by atoms with Crippen molar-refractivity contribution < 1.29 is 0 Å². The predicted molar refractivity (Wildman–Crippen MR) is 136 cm³/mol. The van der Waals surface area contributed by atoms with E-state index in [1.807, 2.05) is 0 Å². The summed E-state index contributed by atoms with van der Waals surface area (Å²) in [5, 5.41) is 2.51. The molecule has 5 aromatic rings. The van der Waals surface area contributed by atoms with Gasteiger partial charge in [-0.05, 0) is 60.4 Å². The Labute approximate surface area is 183 Å². The summed E-state index contributed by atoms with van der Waals surface area (Å²) in [5.41, 5.74) is 9.74. The van der Waals surface area contributed by atoms with Crippen molar-refractivity contribution in [3.63, 3.8) is 0 Å². The summed E-state index contributed by atoms with van der Waals surface area (Å²) in [4.78, 5) is 3.54. The van der Waals surface area contributed by atoms with Crippen LogP contribution in [0.5, 0.6) is 0 Å². The minimum atomic E-state index is 1.17. The number of hydrogen-bond acceptors (Lipinski definition) is 0. The number of aryl methyl sites for hydroxylation is 2. The Balaban J connectivity index is 1.48. The lowest BCUT2D eigenvalue weighted by Crippen LogP contribution is -1.76. The highest BCUT2D eigenvalue weighted by atomic mass is 14.7. The average Bonchev–Trinajstić information content (AvgIpc) is 3.15. The summed E-state index contributed by atoms with van der Waals surface area (Å²) in [7, 11) is 0. The highest BCUT2D eigenvalue weighted by Crippen LogP contribution is 2.28. The molecule has 1 heterocycles. The molecular weight excluding hydrogens is 374 g/mol. The molecule has 31 heavy (non-hydrogen) atoms. The molecule has 150 valence electrons. The molecule has 4 aromatic carbocycles. The monoisotopic (exact) mass is 399 g/mol. The van der Waals surface area contributed by atoms with E-state index in [1.54, 1.807) is 0 Å². The molecule has 0 spiro atoms. The van der Waals surface area contributed by atoms with Gasteiger partial charge in [0.25, 0.3) is 0 Å². The fraction of sp³-hybridized carbons (Fsp3) is 0.0667. The number of hydrogen-bond donors (Lipinski definition) is 1. The molecule has 0 saturated carbocycles. The second-order valence-corrected chi connectivity index (χ2v) is 8.22. The van der Waals surface area contributed by atoms with Gasteiger partial charge < -0.3 is 4.98 Å². The number of fused-ring (bicyclic) bond motifs is 3. The molecule has 0 aliphatic heterocycles. The number of rotatable bonds is 4. The lowest BCUT2D eigenvalue weighted by molar-refractivity contribution is 1.46. The van der Waals surface area contributed by atoms with Gasteiger partial charge in [-0.25, -0.2) is 0 Å². The highest BCUT2D eigenvalue weighted by molar-refractivity contribution is 6.08. The third-order valence-electron chi connectivity index (χ3n) is 5.74. The second kappa shape index (κ2) is 8.12. The Kier molecular flexibility index (Phi) is 5.01. The van der Waals surface area contributed by atoms with Crippen LogP contribution in [0.1, 0.15) is 33.4 Å². The SMILES string of the molecule is Cc1ccc(/C=C/c2ccc3[nH]c4ccc(/C=C/c5ccc(C)cc5)cc4c3c2)cc1. The zero-order valence-electron chi connectivity index (χ0n) is 17.9. The molecule has 1 heteroatoms. The predicted octanol–water partition coefficient (Wildman–Crippen LogP) is 8.28. The van der Waals surface area contributed by atoms with Gasteiger partial charge in [0, 0.05) is 21.8 Å². The highest BCUT2D eigenvalue weighted by Gasteiger charge is 2.05. The zero-order chi connectivity index (χ0) is 21.2. The quantitative estimate of drug-likeness (QED) is 0.293. The molecule has 1 N–H and O–H groups in total. The zero-order valence-corrected chi connectivity index (χ0v) is 17.9. The molecule has 0 saturated heterocycles. The molecule has 0 aliphatic carbocycles. The number of benzene rings is 4. The first-order chi connectivity index (χ1) is 15.1. The summed E-state index contributed by atoms with van der Waals surface area (Å²) < 4.78 is 0. The van der Waals surface area contributed by atoms with Crippen LogP contribution in [0, 0.1) is 13.8 Å². The first-order valence-corrected chi connectivity index (χ1v) is 10.7. The van der Waals surface area contributed by atoms with Crippen molar-refractivity contribution in [2.45, 2.75) is 13.8 Å². The van der Waals surface area contributed by atoms with Crippen LogP contribution in [0.25, 0.3) is 46.1 Å². The van der Waals surface area contributed by atoms with Gasteiger partial charge in [-0.3, -0.25) is 0 Å². The van der Waals surface area contributed by atoms with Crippen molar-refractivity contribution in [2.75, 3.05) is 0 Å². The number of aromatic nitrogens is 1. The van der Waals surface area contributed by atoms with Crippen LogP contribution in [0.2, 0.25) is 0 Å². The van der Waals surface area contributed by atoms with Gasteiger partial charge in [0.05, 0.1) is 0 Å². The van der Waals surface area contributed by atoms with Gasteiger partial charge in [-0.1, -0.05) is 96.1 Å². The fourth-order valence-electron chi connectivity index (χ4n) is 3.88. The van der Waals surface area contributed by atoms with E-state index in [0.29, 0.717) is 0 Å². The van der Waals surface area contributed by atoms with E-state index in [2.05, 4.69) is 128 Å². The van der Waals surface area contributed by atoms with Gasteiger partial charge in [0.15, 0.2) is 0 Å². The number of H-pyrrole nitrogens is 1. The lowest BCUT2D eigenvalue weighted by Gasteiger charge is -1.99. The number of aromatic amines is 1. The average molecular weight is 400 g/mol. The summed E-state index contributed by atoms with van der Waals surface area (Å²) in [6.45, 7) is 4.23. The van der Waals surface area contributed by atoms with E-state index in [9.17, 15) is 0 Å². The Morgan fingerprint density at radius 1 is 0.452 bits per heavy atom. The van der Waals surface area contributed by atoms with Crippen LogP contribution in [0.15, 0.2) is 84.9 Å². The third-order valence-corrected chi connectivity index (χ3v) is 5.74. The van der Waals surface area contributed by atoms with E-state index < -0.39 is 0 Å². The van der Waals surface area contributed by atoms with Gasteiger partial charge >= 0.3 is 0 Å². The minimum Gasteiger partial charge on any atom is -0.355 e. The van der Waals surface area contributed by atoms with E-state index in [4.69, 9.17) is 0 Å². The van der Waals surface area contributed by atoms with Crippen molar-refractivity contribution in [1.82, 2.24) is 4.98 Å². The van der Waals surface area contributed by atoms with Crippen LogP contribution in [-0.4, -0.2) is 4.98 Å². The molecule has 5 rings (SSSR count). The maximum absolute atomic E-state index is 3.54. The van der Waals surface area contributed by atoms with Crippen molar-refractivity contribution in [2.24, 2.45) is 0 Å². The van der Waals surface area contributed by atoms with Gasteiger partial charge in [-0.2, -0.15) is 0 Å². The Morgan fingerprint density at radius 2 is 0.806 bits per heavy atom. The smallest absolute Gasteiger partial charge is 0.0465 e. The number of nitrogens with one attached hydrogen (secondary N) is 1. The van der Waals surface area contributed by atoms with Crippen molar-refractivity contribution >= 4 is 46.1 Å². The van der Waals surface area contributed by atoms with Crippen LogP contribution < -0.4 is 0 Å². The first-order valence-electron chi connectivity index (χ1n) is 10.7. The molecule has 1 aromatic heterocycles. The second-order valence-electron chi connectivity index (χ2n) is 8.22. The normalized spacial score (nSPS) is 11.9. The molecule has 0 fully saturated rings. The standard InChI is InChI=1S/C30H25N/c1-21-3-7-23(8-4-21)11-13-25-15-17-29-27(19-25)28-20-26(16-18-30(28)31-29)14-12-24-9-5-22(2)6-10-24/h3-20,31H,1-2H3/b13-11+,14-12+. The maximum Gasteiger partial charge on any atom is 0.0465 e. The largest absolute Gasteiger partial charge is 0.355 e. The summed E-state index contributed by atoms with van der Waals surface area (Å²) in [6, 6.07) is 30.4. The van der Waals surface area contributed by atoms with Crippen molar-refractivity contribution in [3.8, 4) is 0 Å². The van der Waals surface area contributed by atoms with Crippen LogP contribution in [0.3, 0.4) is 0 Å². The minimum absolute atomic E-state index is 1.17. The van der Waals surface area contributed by atoms with E-state index in [1.165, 1.54) is 55.2 Å². The molecular formula is C30H25N. The molecule has 0 unspecified atom stereocenters. The third kappa shape index (κ3) is 4.22. The van der Waals surface area contributed by atoms with E-state index in [-0.39, 0.29) is 0 Å². The Morgan fingerprint density at radius 3 is 1.23 bits per heavy atom. The summed E-state index contributed by atoms with van der Waals surface area (Å²) in [6.07, 6.45) is 8.71. The first kappa shape index (κ1) is 19.1. The summed E-state index contributed by atoms with van der Waals surface area (Å²) >= 11 is 0. The molecule has 0 amide bonds. The Hall–Kier alpha value is -3.84. The molecule has 1 nitrogen and oxygen atoms in total. The van der Waals surface area contributed by atoms with E-state index >= 15 is 0 Å². The van der Waals surface area contributed by atoms with Crippen molar-refractivity contribution in [1.29, 1.82) is 0 Å². The van der Waals surface area contributed by atoms with Crippen LogP contribution >= 0.6 is 0 Å². The van der Waals surface area contributed by atoms with Gasteiger partial charge in [-0.15, -0.1) is 0 Å². The molecule has 0 atom stereocenters. The topological polar surface area (TPSA) is 15.8 Å². The molecule has 0 aliphatic rings. The summed E-state index contributed by atoms with van der Waals surface area (Å²) in [5.74, 6) is 0.